The lowest BCUT2D eigenvalue weighted by Gasteiger charge is -2.16. The molecule has 1 aromatic carbocycles. The quantitative estimate of drug-likeness (QED) is 0.150. The first kappa shape index (κ1) is 26.0. The summed E-state index contributed by atoms with van der Waals surface area (Å²) in [6.07, 6.45) is 0. The van der Waals surface area contributed by atoms with Crippen molar-refractivity contribution in [2.24, 2.45) is 23.3 Å². The fraction of sp³-hybridized carbons (Fsp3) is 0.333. The van der Waals surface area contributed by atoms with Crippen LogP contribution in [0, 0.1) is 11.8 Å². The molecule has 0 aliphatic heterocycles. The number of carbonyl (C=O) groups is 6. The van der Waals surface area contributed by atoms with Crippen molar-refractivity contribution in [2.45, 2.75) is 12.1 Å². The van der Waals surface area contributed by atoms with Gasteiger partial charge in [-0.1, -0.05) is 0 Å². The molecule has 0 amide bonds. The number of rotatable bonds is 12. The first-order valence-electron chi connectivity index (χ1n) is 8.73. The van der Waals surface area contributed by atoms with E-state index in [1.165, 1.54) is 0 Å². The van der Waals surface area contributed by atoms with Gasteiger partial charge in [-0.3, -0.25) is 19.2 Å². The molecular weight excluding hydrogens is 436 g/mol. The van der Waals surface area contributed by atoms with Crippen LogP contribution in [0.4, 0.5) is 0 Å². The number of carboxylic acids is 4. The number of aliphatic carboxylic acids is 4. The molecular formula is C18H20N2O12. The molecule has 0 saturated carbocycles. The number of hydrogen-bond donors (Lipinski definition) is 6. The predicted octanol–water partition coefficient (Wildman–Crippen LogP) is -1.77. The molecule has 0 bridgehead atoms. The van der Waals surface area contributed by atoms with Crippen molar-refractivity contribution in [3.05, 3.63) is 35.4 Å². The predicted molar refractivity (Wildman–Crippen MR) is 100 cm³/mol. The Hall–Kier alpha value is -4.04. The van der Waals surface area contributed by atoms with Gasteiger partial charge in [0, 0.05) is 0 Å². The van der Waals surface area contributed by atoms with Crippen LogP contribution >= 0.6 is 0 Å². The van der Waals surface area contributed by atoms with E-state index in [1.54, 1.807) is 0 Å². The molecule has 1 aromatic rings. The zero-order chi connectivity index (χ0) is 24.6. The van der Waals surface area contributed by atoms with Crippen molar-refractivity contribution in [3.63, 3.8) is 0 Å². The summed E-state index contributed by atoms with van der Waals surface area (Å²) in [6.45, 7) is -1.39. The maximum atomic E-state index is 12.0. The van der Waals surface area contributed by atoms with Crippen molar-refractivity contribution in [2.75, 3.05) is 13.2 Å². The van der Waals surface area contributed by atoms with E-state index in [1.807, 2.05) is 0 Å². The number of hydrogen-bond acceptors (Lipinski definition) is 10. The molecule has 0 aliphatic carbocycles. The maximum absolute atomic E-state index is 12.0. The SMILES string of the molecule is NC(COC(=O)c1ccc(C(=O)OCC(N)C(C(=O)O)C(=O)O)cc1)C(C(=O)O)C(=O)O. The lowest BCUT2D eigenvalue weighted by molar-refractivity contribution is -0.158. The van der Waals surface area contributed by atoms with E-state index in [9.17, 15) is 28.8 Å². The Kier molecular flexibility index (Phi) is 9.24. The van der Waals surface area contributed by atoms with E-state index >= 15 is 0 Å². The highest BCUT2D eigenvalue weighted by Crippen LogP contribution is 2.11. The normalized spacial score (nSPS) is 12.6. The van der Waals surface area contributed by atoms with Crippen LogP contribution in [0.15, 0.2) is 24.3 Å². The van der Waals surface area contributed by atoms with Crippen LogP contribution in [-0.4, -0.2) is 81.5 Å². The first-order valence-corrected chi connectivity index (χ1v) is 8.73. The van der Waals surface area contributed by atoms with Crippen LogP contribution in [-0.2, 0) is 28.7 Å². The summed E-state index contributed by atoms with van der Waals surface area (Å²) in [5, 5.41) is 35.3. The van der Waals surface area contributed by atoms with Gasteiger partial charge in [-0.15, -0.1) is 0 Å². The molecule has 0 heterocycles. The zero-order valence-electron chi connectivity index (χ0n) is 16.2. The topological polar surface area (TPSA) is 254 Å². The highest BCUT2D eigenvalue weighted by atomic mass is 16.5. The van der Waals surface area contributed by atoms with Crippen LogP contribution in [0.1, 0.15) is 20.7 Å². The van der Waals surface area contributed by atoms with Crippen LogP contribution in [0.5, 0.6) is 0 Å². The van der Waals surface area contributed by atoms with Gasteiger partial charge in [0.2, 0.25) is 0 Å². The van der Waals surface area contributed by atoms with Crippen LogP contribution < -0.4 is 11.5 Å². The Labute approximate surface area is 179 Å². The Morgan fingerprint density at radius 1 is 0.625 bits per heavy atom. The molecule has 0 fully saturated rings. The largest absolute Gasteiger partial charge is 0.481 e. The fourth-order valence-corrected chi connectivity index (χ4v) is 2.39. The highest BCUT2D eigenvalue weighted by molar-refractivity contribution is 5.95. The molecule has 14 heteroatoms. The lowest BCUT2D eigenvalue weighted by Crippen LogP contribution is -2.44. The van der Waals surface area contributed by atoms with E-state index in [-0.39, 0.29) is 11.1 Å². The Balaban J connectivity index is 2.68. The molecule has 174 valence electrons. The van der Waals surface area contributed by atoms with Gasteiger partial charge in [-0.2, -0.15) is 0 Å². The summed E-state index contributed by atoms with van der Waals surface area (Å²) in [5.41, 5.74) is 10.7. The summed E-state index contributed by atoms with van der Waals surface area (Å²) in [5.74, 6) is -12.7. The Bertz CT molecular complexity index is 797. The molecule has 8 N–H and O–H groups in total. The molecule has 2 atom stereocenters. The van der Waals surface area contributed by atoms with Crippen molar-refractivity contribution in [1.29, 1.82) is 0 Å². The summed E-state index contributed by atoms with van der Waals surface area (Å²) >= 11 is 0. The van der Waals surface area contributed by atoms with E-state index in [0.29, 0.717) is 0 Å². The second-order valence-corrected chi connectivity index (χ2v) is 6.41. The summed E-state index contributed by atoms with van der Waals surface area (Å²) in [4.78, 5) is 67.5. The number of carbonyl (C=O) groups excluding carboxylic acids is 2. The molecule has 0 aromatic heterocycles. The van der Waals surface area contributed by atoms with Crippen molar-refractivity contribution < 1.29 is 58.7 Å². The average Bonchev–Trinajstić information content (AvgIpc) is 2.69. The third-order valence-electron chi connectivity index (χ3n) is 4.09. The van der Waals surface area contributed by atoms with Gasteiger partial charge in [-0.05, 0) is 24.3 Å². The highest BCUT2D eigenvalue weighted by Gasteiger charge is 2.34. The van der Waals surface area contributed by atoms with Gasteiger partial charge in [0.25, 0.3) is 0 Å². The molecule has 0 aliphatic rings. The van der Waals surface area contributed by atoms with Gasteiger partial charge in [-0.25, -0.2) is 9.59 Å². The fourth-order valence-electron chi connectivity index (χ4n) is 2.39. The average molecular weight is 456 g/mol. The molecule has 0 spiro atoms. The number of esters is 2. The minimum absolute atomic E-state index is 0.0792. The smallest absolute Gasteiger partial charge is 0.338 e. The Morgan fingerprint density at radius 3 is 1.09 bits per heavy atom. The van der Waals surface area contributed by atoms with Gasteiger partial charge < -0.3 is 41.4 Å². The van der Waals surface area contributed by atoms with Gasteiger partial charge >= 0.3 is 35.8 Å². The number of ether oxygens (including phenoxy) is 2. The zero-order valence-corrected chi connectivity index (χ0v) is 16.2. The summed E-state index contributed by atoms with van der Waals surface area (Å²) < 4.78 is 9.57. The third kappa shape index (κ3) is 7.03. The third-order valence-corrected chi connectivity index (χ3v) is 4.09. The van der Waals surface area contributed by atoms with E-state index in [0.717, 1.165) is 24.3 Å². The minimum Gasteiger partial charge on any atom is -0.481 e. The van der Waals surface area contributed by atoms with Gasteiger partial charge in [0.05, 0.1) is 23.2 Å². The van der Waals surface area contributed by atoms with E-state index in [2.05, 4.69) is 0 Å². The molecule has 1 rings (SSSR count). The lowest BCUT2D eigenvalue weighted by atomic mass is 10.0. The number of carboxylic acid groups (broad SMARTS) is 4. The maximum Gasteiger partial charge on any atom is 0.338 e. The summed E-state index contributed by atoms with van der Waals surface area (Å²) in [7, 11) is 0. The minimum atomic E-state index is -1.98. The second kappa shape index (κ2) is 11.4. The standard InChI is InChI=1S/C18H20N2O12/c19-9(11(13(21)22)14(23)24)5-31-17(29)7-1-2-8(4-3-7)18(30)32-6-10(20)12(15(25)26)16(27)28/h1-4,9-12H,5-6,19-20H2,(H,21,22)(H,23,24)(H,25,26)(H,27,28). The second-order valence-electron chi connectivity index (χ2n) is 6.41. The van der Waals surface area contributed by atoms with Crippen molar-refractivity contribution >= 4 is 35.8 Å². The Morgan fingerprint density at radius 2 is 0.875 bits per heavy atom. The first-order chi connectivity index (χ1) is 14.9. The number of nitrogens with two attached hydrogens (primary N) is 2. The van der Waals surface area contributed by atoms with Crippen LogP contribution in [0.2, 0.25) is 0 Å². The van der Waals surface area contributed by atoms with Crippen LogP contribution in [0.25, 0.3) is 0 Å². The van der Waals surface area contributed by atoms with Gasteiger partial charge in [0.1, 0.15) is 13.2 Å². The van der Waals surface area contributed by atoms with Crippen LogP contribution in [0.3, 0.4) is 0 Å². The van der Waals surface area contributed by atoms with Crippen molar-refractivity contribution in [3.8, 4) is 0 Å². The molecule has 0 radical (unpaired) electrons. The monoisotopic (exact) mass is 456 g/mol. The molecule has 0 saturated heterocycles. The van der Waals surface area contributed by atoms with E-state index in [4.69, 9.17) is 41.4 Å². The van der Waals surface area contributed by atoms with E-state index < -0.39 is 72.9 Å². The summed E-state index contributed by atoms with van der Waals surface area (Å²) in [6, 6.07) is 1.57. The molecule has 14 nitrogen and oxygen atoms in total. The molecule has 2 unspecified atom stereocenters. The molecule has 32 heavy (non-hydrogen) atoms. The number of benzene rings is 1. The van der Waals surface area contributed by atoms with Crippen molar-refractivity contribution in [1.82, 2.24) is 0 Å². The van der Waals surface area contributed by atoms with Gasteiger partial charge in [0.15, 0.2) is 11.8 Å².